The molecule has 7 nitrogen and oxygen atoms in total. The first-order valence-electron chi connectivity index (χ1n) is 11.5. The first-order valence-corrected chi connectivity index (χ1v) is 11.5. The van der Waals surface area contributed by atoms with Crippen LogP contribution in [0.1, 0.15) is 44.2 Å². The van der Waals surface area contributed by atoms with Crippen molar-refractivity contribution in [2.75, 3.05) is 19.0 Å². The third-order valence-electron chi connectivity index (χ3n) is 6.11. The number of aromatic nitrogens is 2. The van der Waals surface area contributed by atoms with Gasteiger partial charge in [-0.3, -0.25) is 9.59 Å². The number of rotatable bonds is 8. The van der Waals surface area contributed by atoms with E-state index in [1.165, 1.54) is 0 Å². The predicted octanol–water partition coefficient (Wildman–Crippen LogP) is 4.60. The molecule has 1 saturated heterocycles. The van der Waals surface area contributed by atoms with E-state index in [4.69, 9.17) is 4.74 Å². The molecule has 7 heteroatoms. The number of nitrogens with one attached hydrogen (secondary N) is 1. The Labute approximate surface area is 194 Å². The van der Waals surface area contributed by atoms with Crippen LogP contribution in [0.15, 0.2) is 66.9 Å². The fourth-order valence-corrected chi connectivity index (χ4v) is 4.45. The van der Waals surface area contributed by atoms with Crippen LogP contribution in [0.4, 0.5) is 5.82 Å². The zero-order valence-electron chi connectivity index (χ0n) is 19.1. The van der Waals surface area contributed by atoms with Crippen molar-refractivity contribution >= 4 is 17.6 Å². The van der Waals surface area contributed by atoms with Gasteiger partial charge in [0.25, 0.3) is 0 Å². The van der Waals surface area contributed by atoms with E-state index in [1.807, 2.05) is 65.7 Å². The first kappa shape index (κ1) is 22.6. The average Bonchev–Trinajstić information content (AvgIpc) is 3.32. The van der Waals surface area contributed by atoms with Crippen LogP contribution >= 0.6 is 0 Å². The van der Waals surface area contributed by atoms with Crippen molar-refractivity contribution in [3.63, 3.8) is 0 Å². The Balaban J connectivity index is 1.62. The van der Waals surface area contributed by atoms with Crippen molar-refractivity contribution in [1.29, 1.82) is 0 Å². The third kappa shape index (κ3) is 4.92. The van der Waals surface area contributed by atoms with Crippen molar-refractivity contribution in [2.45, 2.75) is 38.6 Å². The van der Waals surface area contributed by atoms with Crippen LogP contribution in [0.2, 0.25) is 0 Å². The lowest BCUT2D eigenvalue weighted by molar-refractivity contribution is -0.142. The summed E-state index contributed by atoms with van der Waals surface area (Å²) in [5.41, 5.74) is 1.78. The van der Waals surface area contributed by atoms with Crippen LogP contribution in [-0.4, -0.2) is 40.1 Å². The SMILES string of the molecule is CCCCN1C(=O)CCC(C(=O)Nc2ccn(-c3ccccc3)n2)C1c1ccccc1OC. The number of anilines is 1. The highest BCUT2D eigenvalue weighted by molar-refractivity contribution is 5.94. The maximum Gasteiger partial charge on any atom is 0.231 e. The molecule has 2 heterocycles. The molecule has 4 rings (SSSR count). The van der Waals surface area contributed by atoms with Gasteiger partial charge in [0.15, 0.2) is 5.82 Å². The van der Waals surface area contributed by atoms with Crippen LogP contribution in [0.3, 0.4) is 0 Å². The van der Waals surface area contributed by atoms with E-state index in [2.05, 4.69) is 17.3 Å². The minimum atomic E-state index is -0.405. The standard InChI is InChI=1S/C26H30N4O3/c1-3-4-17-29-24(31)15-14-21(25(29)20-12-8-9-13-22(20)33-2)26(32)27-23-16-18-30(28-23)19-10-6-5-7-11-19/h5-13,16,18,21,25H,3-4,14-15,17H2,1-2H3,(H,27,28,32). The number of benzene rings is 2. The highest BCUT2D eigenvalue weighted by Gasteiger charge is 2.41. The number of unbranched alkanes of at least 4 members (excludes halogenated alkanes) is 1. The highest BCUT2D eigenvalue weighted by atomic mass is 16.5. The second-order valence-corrected chi connectivity index (χ2v) is 8.24. The number of ether oxygens (including phenoxy) is 1. The Bertz CT molecular complexity index is 1100. The molecule has 1 N–H and O–H groups in total. The molecule has 1 aliphatic heterocycles. The van der Waals surface area contributed by atoms with Crippen LogP contribution in [0.25, 0.3) is 5.69 Å². The number of piperidine rings is 1. The van der Waals surface area contributed by atoms with Crippen LogP contribution < -0.4 is 10.1 Å². The third-order valence-corrected chi connectivity index (χ3v) is 6.11. The molecule has 172 valence electrons. The molecule has 33 heavy (non-hydrogen) atoms. The average molecular weight is 447 g/mol. The van der Waals surface area contributed by atoms with E-state index in [0.717, 1.165) is 24.1 Å². The lowest BCUT2D eigenvalue weighted by Gasteiger charge is -2.41. The minimum absolute atomic E-state index is 0.0803. The van der Waals surface area contributed by atoms with Crippen molar-refractivity contribution in [1.82, 2.24) is 14.7 Å². The highest BCUT2D eigenvalue weighted by Crippen LogP contribution is 2.41. The Morgan fingerprint density at radius 1 is 1.12 bits per heavy atom. The van der Waals surface area contributed by atoms with E-state index in [-0.39, 0.29) is 17.9 Å². The van der Waals surface area contributed by atoms with Crippen LogP contribution in [-0.2, 0) is 9.59 Å². The fraction of sp³-hybridized carbons (Fsp3) is 0.346. The molecule has 1 aliphatic rings. The van der Waals surface area contributed by atoms with E-state index >= 15 is 0 Å². The summed E-state index contributed by atoms with van der Waals surface area (Å²) in [6, 6.07) is 18.8. The molecule has 0 saturated carbocycles. The monoisotopic (exact) mass is 446 g/mol. The normalized spacial score (nSPS) is 18.2. The maximum absolute atomic E-state index is 13.5. The Hall–Kier alpha value is -3.61. The number of nitrogens with zero attached hydrogens (tertiary/aromatic N) is 3. The summed E-state index contributed by atoms with van der Waals surface area (Å²) in [5, 5.41) is 7.49. The summed E-state index contributed by atoms with van der Waals surface area (Å²) in [7, 11) is 1.62. The molecule has 0 aliphatic carbocycles. The first-order chi connectivity index (χ1) is 16.1. The molecule has 2 amide bonds. The van der Waals surface area contributed by atoms with Crippen molar-refractivity contribution in [3.05, 3.63) is 72.4 Å². The van der Waals surface area contributed by atoms with Gasteiger partial charge in [0, 0.05) is 30.8 Å². The number of hydrogen-bond acceptors (Lipinski definition) is 4. The maximum atomic E-state index is 13.5. The number of carbonyl (C=O) groups excluding carboxylic acids is 2. The molecule has 1 aromatic heterocycles. The molecule has 2 aromatic carbocycles. The van der Waals surface area contributed by atoms with E-state index in [0.29, 0.717) is 31.0 Å². The number of likely N-dealkylation sites (tertiary alicyclic amines) is 1. The summed E-state index contributed by atoms with van der Waals surface area (Å²) in [6.45, 7) is 2.71. The molecule has 0 spiro atoms. The van der Waals surface area contributed by atoms with Gasteiger partial charge in [0.1, 0.15) is 5.75 Å². The van der Waals surface area contributed by atoms with Gasteiger partial charge in [-0.1, -0.05) is 49.7 Å². The van der Waals surface area contributed by atoms with Crippen molar-refractivity contribution in [3.8, 4) is 11.4 Å². The summed E-state index contributed by atoms with van der Waals surface area (Å²) in [6.07, 6.45) is 4.51. The van der Waals surface area contributed by atoms with E-state index < -0.39 is 5.92 Å². The Morgan fingerprint density at radius 3 is 2.64 bits per heavy atom. The molecule has 2 atom stereocenters. The Morgan fingerprint density at radius 2 is 1.88 bits per heavy atom. The molecular weight excluding hydrogens is 416 g/mol. The van der Waals surface area contributed by atoms with Gasteiger partial charge in [0.05, 0.1) is 24.8 Å². The predicted molar refractivity (Wildman–Crippen MR) is 127 cm³/mol. The summed E-state index contributed by atoms with van der Waals surface area (Å²) in [5.74, 6) is 0.706. The van der Waals surface area contributed by atoms with Gasteiger partial charge in [-0.25, -0.2) is 4.68 Å². The van der Waals surface area contributed by atoms with Gasteiger partial charge >= 0.3 is 0 Å². The lowest BCUT2D eigenvalue weighted by Crippen LogP contribution is -2.47. The smallest absolute Gasteiger partial charge is 0.231 e. The zero-order chi connectivity index (χ0) is 23.2. The van der Waals surface area contributed by atoms with Gasteiger partial charge in [0.2, 0.25) is 11.8 Å². The molecule has 0 radical (unpaired) electrons. The zero-order valence-corrected chi connectivity index (χ0v) is 19.1. The number of amides is 2. The molecule has 3 aromatic rings. The molecular formula is C26H30N4O3. The second kappa shape index (κ2) is 10.3. The second-order valence-electron chi connectivity index (χ2n) is 8.24. The summed E-state index contributed by atoms with van der Waals surface area (Å²) in [4.78, 5) is 28.3. The number of carbonyl (C=O) groups is 2. The van der Waals surface area contributed by atoms with Gasteiger partial charge in [-0.2, -0.15) is 5.10 Å². The van der Waals surface area contributed by atoms with Gasteiger partial charge < -0.3 is 15.0 Å². The van der Waals surface area contributed by atoms with Crippen molar-refractivity contribution in [2.24, 2.45) is 5.92 Å². The summed E-state index contributed by atoms with van der Waals surface area (Å²) < 4.78 is 7.33. The number of para-hydroxylation sites is 2. The van der Waals surface area contributed by atoms with Crippen LogP contribution in [0.5, 0.6) is 5.75 Å². The molecule has 1 fully saturated rings. The number of methoxy groups -OCH3 is 1. The summed E-state index contributed by atoms with van der Waals surface area (Å²) >= 11 is 0. The molecule has 2 unspecified atom stereocenters. The fourth-order valence-electron chi connectivity index (χ4n) is 4.45. The minimum Gasteiger partial charge on any atom is -0.496 e. The quantitative estimate of drug-likeness (QED) is 0.549. The van der Waals surface area contributed by atoms with Crippen molar-refractivity contribution < 1.29 is 14.3 Å². The Kier molecular flexibility index (Phi) is 7.07. The number of hydrogen-bond donors (Lipinski definition) is 1. The van der Waals surface area contributed by atoms with Gasteiger partial charge in [-0.15, -0.1) is 0 Å². The topological polar surface area (TPSA) is 76.5 Å². The van der Waals surface area contributed by atoms with E-state index in [1.54, 1.807) is 17.9 Å². The van der Waals surface area contributed by atoms with E-state index in [9.17, 15) is 9.59 Å². The van der Waals surface area contributed by atoms with Crippen LogP contribution in [0, 0.1) is 5.92 Å². The molecule has 0 bridgehead atoms. The lowest BCUT2D eigenvalue weighted by atomic mass is 9.83. The van der Waals surface area contributed by atoms with Gasteiger partial charge in [-0.05, 0) is 31.0 Å². The largest absolute Gasteiger partial charge is 0.496 e.